The average molecular weight is 435 g/mol. The number of amides is 1. The molecule has 0 radical (unpaired) electrons. The van der Waals surface area contributed by atoms with Gasteiger partial charge in [0, 0.05) is 18.4 Å². The van der Waals surface area contributed by atoms with Gasteiger partial charge in [0.1, 0.15) is 11.5 Å². The van der Waals surface area contributed by atoms with Crippen LogP contribution in [-0.4, -0.2) is 35.9 Å². The predicted octanol–water partition coefficient (Wildman–Crippen LogP) is 4.65. The lowest BCUT2D eigenvalue weighted by Crippen LogP contribution is -2.20. The van der Waals surface area contributed by atoms with Gasteiger partial charge < -0.3 is 19.3 Å². The van der Waals surface area contributed by atoms with Gasteiger partial charge in [-0.15, -0.1) is 0 Å². The van der Waals surface area contributed by atoms with Gasteiger partial charge in [0.2, 0.25) is 17.6 Å². The number of benzene rings is 2. The Morgan fingerprint density at radius 2 is 1.87 bits per heavy atom. The Bertz CT molecular complexity index is 1000. The van der Waals surface area contributed by atoms with Gasteiger partial charge in [0.25, 0.3) is 0 Å². The maximum absolute atomic E-state index is 12.4. The summed E-state index contributed by atoms with van der Waals surface area (Å²) in [5.41, 5.74) is 0.945. The fourth-order valence-electron chi connectivity index (χ4n) is 2.68. The quantitative estimate of drug-likeness (QED) is 0.527. The largest absolute Gasteiger partial charge is 0.497 e. The molecule has 3 rings (SSSR count). The van der Waals surface area contributed by atoms with Crippen LogP contribution in [0.3, 0.4) is 0 Å². The molecule has 0 saturated carbocycles. The lowest BCUT2D eigenvalue weighted by atomic mass is 10.2. The molecular formula is C21H20F3N3O4. The molecule has 2 aromatic carbocycles. The summed E-state index contributed by atoms with van der Waals surface area (Å²) in [6.07, 6.45) is -3.55. The Labute approximate surface area is 176 Å². The highest BCUT2D eigenvalue weighted by Crippen LogP contribution is 2.26. The van der Waals surface area contributed by atoms with Crippen molar-refractivity contribution in [2.75, 3.05) is 19.0 Å². The third-order valence-corrected chi connectivity index (χ3v) is 4.16. The first-order valence-corrected chi connectivity index (χ1v) is 9.39. The molecule has 3 aromatic rings. The SMILES string of the molecule is COc1ccc(-c2noc(CCCC(=O)Nc3ccccc3OCC(F)(F)F)n2)cc1. The lowest BCUT2D eigenvalue weighted by Gasteiger charge is -2.13. The Balaban J connectivity index is 1.49. The molecule has 0 aliphatic carbocycles. The highest BCUT2D eigenvalue weighted by atomic mass is 19.4. The molecule has 0 saturated heterocycles. The van der Waals surface area contributed by atoms with Crippen LogP contribution in [-0.2, 0) is 11.2 Å². The number of aromatic nitrogens is 2. The van der Waals surface area contributed by atoms with Crippen LogP contribution in [0.1, 0.15) is 18.7 Å². The van der Waals surface area contributed by atoms with Crippen molar-refractivity contribution in [3.8, 4) is 22.9 Å². The molecule has 1 aromatic heterocycles. The van der Waals surface area contributed by atoms with E-state index in [9.17, 15) is 18.0 Å². The number of alkyl halides is 3. The molecule has 0 spiro atoms. The minimum atomic E-state index is -4.47. The van der Waals surface area contributed by atoms with E-state index in [0.717, 1.165) is 5.56 Å². The number of hydrogen-bond acceptors (Lipinski definition) is 6. The molecule has 0 bridgehead atoms. The maximum atomic E-state index is 12.4. The van der Waals surface area contributed by atoms with E-state index < -0.39 is 12.8 Å². The van der Waals surface area contributed by atoms with Crippen molar-refractivity contribution >= 4 is 11.6 Å². The summed E-state index contributed by atoms with van der Waals surface area (Å²) < 4.78 is 52.2. The van der Waals surface area contributed by atoms with Crippen molar-refractivity contribution in [1.82, 2.24) is 10.1 Å². The first kappa shape index (κ1) is 22.1. The molecule has 0 aliphatic heterocycles. The van der Waals surface area contributed by atoms with E-state index in [-0.39, 0.29) is 23.8 Å². The van der Waals surface area contributed by atoms with Crippen LogP contribution in [0, 0.1) is 0 Å². The third kappa shape index (κ3) is 6.73. The van der Waals surface area contributed by atoms with Crippen molar-refractivity contribution in [2.45, 2.75) is 25.4 Å². The molecule has 164 valence electrons. The summed E-state index contributed by atoms with van der Waals surface area (Å²) in [6, 6.07) is 13.1. The standard InChI is InChI=1S/C21H20F3N3O4/c1-29-15-11-9-14(10-12-15)20-26-19(31-27-20)8-4-7-18(28)25-16-5-2-3-6-17(16)30-13-21(22,23)24/h2-3,5-6,9-12H,4,7-8,13H2,1H3,(H,25,28). The maximum Gasteiger partial charge on any atom is 0.422 e. The number of aryl methyl sites for hydroxylation is 1. The van der Waals surface area contributed by atoms with Crippen LogP contribution >= 0.6 is 0 Å². The fraction of sp³-hybridized carbons (Fsp3) is 0.286. The molecule has 0 fully saturated rings. The number of hydrogen-bond donors (Lipinski definition) is 1. The molecule has 7 nitrogen and oxygen atoms in total. The van der Waals surface area contributed by atoms with Crippen molar-refractivity contribution in [2.24, 2.45) is 0 Å². The second-order valence-electron chi connectivity index (χ2n) is 6.54. The van der Waals surface area contributed by atoms with Crippen LogP contribution in [0.15, 0.2) is 53.1 Å². The van der Waals surface area contributed by atoms with Crippen LogP contribution in [0.4, 0.5) is 18.9 Å². The fourth-order valence-corrected chi connectivity index (χ4v) is 2.68. The number of methoxy groups -OCH3 is 1. The van der Waals surface area contributed by atoms with Gasteiger partial charge in [0.15, 0.2) is 6.61 Å². The van der Waals surface area contributed by atoms with E-state index in [4.69, 9.17) is 14.0 Å². The summed E-state index contributed by atoms with van der Waals surface area (Å²) in [7, 11) is 1.58. The molecule has 31 heavy (non-hydrogen) atoms. The Morgan fingerprint density at radius 3 is 2.58 bits per heavy atom. The topological polar surface area (TPSA) is 86.5 Å². The molecule has 0 unspecified atom stereocenters. The Morgan fingerprint density at radius 1 is 1.13 bits per heavy atom. The zero-order valence-corrected chi connectivity index (χ0v) is 16.6. The van der Waals surface area contributed by atoms with Gasteiger partial charge in [0.05, 0.1) is 12.8 Å². The van der Waals surface area contributed by atoms with Crippen LogP contribution in [0.25, 0.3) is 11.4 Å². The van der Waals surface area contributed by atoms with Crippen molar-refractivity contribution in [3.05, 3.63) is 54.4 Å². The monoisotopic (exact) mass is 435 g/mol. The molecule has 1 heterocycles. The number of nitrogens with zero attached hydrogens (tertiary/aromatic N) is 2. The van der Waals surface area contributed by atoms with Gasteiger partial charge in [-0.1, -0.05) is 17.3 Å². The van der Waals surface area contributed by atoms with E-state index in [2.05, 4.69) is 15.5 Å². The Hall–Kier alpha value is -3.56. The first-order valence-electron chi connectivity index (χ1n) is 9.39. The number of carbonyl (C=O) groups is 1. The van der Waals surface area contributed by atoms with Crippen LogP contribution in [0.5, 0.6) is 11.5 Å². The lowest BCUT2D eigenvalue weighted by molar-refractivity contribution is -0.153. The summed E-state index contributed by atoms with van der Waals surface area (Å²) in [6.45, 7) is -1.44. The average Bonchev–Trinajstić information content (AvgIpc) is 3.21. The molecular weight excluding hydrogens is 415 g/mol. The van der Waals surface area contributed by atoms with Gasteiger partial charge in [-0.25, -0.2) is 0 Å². The highest BCUT2D eigenvalue weighted by Gasteiger charge is 2.28. The number of nitrogens with one attached hydrogen (secondary N) is 1. The Kier molecular flexibility index (Phi) is 7.11. The van der Waals surface area contributed by atoms with Crippen molar-refractivity contribution in [3.63, 3.8) is 0 Å². The van der Waals surface area contributed by atoms with Gasteiger partial charge in [-0.05, 0) is 42.8 Å². The molecule has 0 atom stereocenters. The number of para-hydroxylation sites is 2. The van der Waals surface area contributed by atoms with Gasteiger partial charge in [-0.3, -0.25) is 4.79 Å². The smallest absolute Gasteiger partial charge is 0.422 e. The number of anilines is 1. The van der Waals surface area contributed by atoms with E-state index >= 15 is 0 Å². The van der Waals surface area contributed by atoms with Crippen molar-refractivity contribution in [1.29, 1.82) is 0 Å². The summed E-state index contributed by atoms with van der Waals surface area (Å²) >= 11 is 0. The van der Waals surface area contributed by atoms with Crippen LogP contribution in [0.2, 0.25) is 0 Å². The number of halogens is 3. The molecule has 1 amide bonds. The summed E-state index contributed by atoms with van der Waals surface area (Å²) in [4.78, 5) is 16.5. The number of rotatable bonds is 9. The summed E-state index contributed by atoms with van der Waals surface area (Å²) in [5, 5.41) is 6.49. The third-order valence-electron chi connectivity index (χ3n) is 4.16. The van der Waals surface area contributed by atoms with E-state index in [0.29, 0.717) is 30.3 Å². The van der Waals surface area contributed by atoms with E-state index in [1.54, 1.807) is 37.4 Å². The molecule has 10 heteroatoms. The van der Waals surface area contributed by atoms with E-state index in [1.165, 1.54) is 18.2 Å². The second-order valence-corrected chi connectivity index (χ2v) is 6.54. The van der Waals surface area contributed by atoms with Gasteiger partial charge >= 0.3 is 6.18 Å². The first-order chi connectivity index (χ1) is 14.8. The zero-order chi connectivity index (χ0) is 22.3. The van der Waals surface area contributed by atoms with E-state index in [1.807, 2.05) is 0 Å². The predicted molar refractivity (Wildman–Crippen MR) is 106 cm³/mol. The normalized spacial score (nSPS) is 11.2. The number of ether oxygens (including phenoxy) is 2. The molecule has 0 aliphatic rings. The van der Waals surface area contributed by atoms with Crippen molar-refractivity contribution < 1.29 is 32.0 Å². The minimum absolute atomic E-state index is 0.0470. The van der Waals surface area contributed by atoms with Crippen LogP contribution < -0.4 is 14.8 Å². The molecule has 1 N–H and O–H groups in total. The zero-order valence-electron chi connectivity index (χ0n) is 16.6. The highest BCUT2D eigenvalue weighted by molar-refractivity contribution is 5.92. The summed E-state index contributed by atoms with van der Waals surface area (Å²) in [5.74, 6) is 1.11. The minimum Gasteiger partial charge on any atom is -0.497 e. The number of carbonyl (C=O) groups excluding carboxylic acids is 1. The second kappa shape index (κ2) is 9.96. The van der Waals surface area contributed by atoms with Gasteiger partial charge in [-0.2, -0.15) is 18.2 Å².